The monoisotopic (exact) mass is 632 g/mol. The number of amides is 4. The van der Waals surface area contributed by atoms with Gasteiger partial charge in [0, 0.05) is 36.9 Å². The number of halogens is 2. The van der Waals surface area contributed by atoms with Gasteiger partial charge in [0.2, 0.25) is 11.8 Å². The average molecular weight is 634 g/mol. The van der Waals surface area contributed by atoms with Gasteiger partial charge >= 0.3 is 0 Å². The fourth-order valence-electron chi connectivity index (χ4n) is 4.32. The van der Waals surface area contributed by atoms with E-state index in [4.69, 9.17) is 23.2 Å². The highest BCUT2D eigenvalue weighted by Gasteiger charge is 2.16. The molecule has 2 aromatic heterocycles. The Kier molecular flexibility index (Phi) is 11.0. The quantitative estimate of drug-likeness (QED) is 0.172. The third kappa shape index (κ3) is 8.18. The van der Waals surface area contributed by atoms with Crippen molar-refractivity contribution >= 4 is 58.2 Å². The van der Waals surface area contributed by atoms with E-state index in [0.29, 0.717) is 11.4 Å². The number of hydrogen-bond acceptors (Lipinski definition) is 6. The molecule has 0 fully saturated rings. The maximum absolute atomic E-state index is 13.0. The standard InChI is InChI=1S/C32H30Cl2N6O4/c1-19-23(5-3-7-25(19)39-31(43)27-11-9-21(15-35-27)17-37-29(41)13-33)24-6-4-8-26(20(24)2)40-32(44)28-12-10-22(16-36-28)18-38-30(42)14-34/h3-12,15-16H,13-14,17-18H2,1-2H3,(H,37,41)(H,38,42)(H,39,43)(H,40,44). The van der Waals surface area contributed by atoms with Crippen LogP contribution in [0.5, 0.6) is 0 Å². The fourth-order valence-corrected chi connectivity index (χ4v) is 4.51. The van der Waals surface area contributed by atoms with Gasteiger partial charge in [-0.25, -0.2) is 0 Å². The normalized spacial score (nSPS) is 10.5. The zero-order chi connectivity index (χ0) is 31.6. The van der Waals surface area contributed by atoms with Gasteiger partial charge in [-0.1, -0.05) is 36.4 Å². The second-order valence-corrected chi connectivity index (χ2v) is 10.3. The molecule has 0 aliphatic rings. The Morgan fingerprint density at radius 1 is 0.614 bits per heavy atom. The molecular formula is C32H30Cl2N6O4. The lowest BCUT2D eigenvalue weighted by Gasteiger charge is -2.17. The summed E-state index contributed by atoms with van der Waals surface area (Å²) in [5.74, 6) is -1.59. The molecule has 4 aromatic rings. The van der Waals surface area contributed by atoms with E-state index in [0.717, 1.165) is 33.4 Å². The van der Waals surface area contributed by atoms with E-state index < -0.39 is 0 Å². The number of alkyl halides is 2. The van der Waals surface area contributed by atoms with E-state index in [1.54, 1.807) is 24.3 Å². The molecule has 4 rings (SSSR count). The van der Waals surface area contributed by atoms with E-state index in [1.807, 2.05) is 50.2 Å². The van der Waals surface area contributed by atoms with Crippen molar-refractivity contribution in [3.8, 4) is 11.1 Å². The van der Waals surface area contributed by atoms with Crippen LogP contribution in [-0.2, 0) is 22.7 Å². The third-order valence-corrected chi connectivity index (χ3v) is 7.28. The van der Waals surface area contributed by atoms with Crippen LogP contribution in [0.1, 0.15) is 43.2 Å². The number of pyridine rings is 2. The summed E-state index contributed by atoms with van der Waals surface area (Å²) < 4.78 is 0. The zero-order valence-electron chi connectivity index (χ0n) is 24.0. The van der Waals surface area contributed by atoms with Crippen LogP contribution in [0.4, 0.5) is 11.4 Å². The number of nitrogens with zero attached hydrogens (tertiary/aromatic N) is 2. The van der Waals surface area contributed by atoms with Crippen molar-refractivity contribution in [2.75, 3.05) is 22.4 Å². The number of benzene rings is 2. The molecule has 2 heterocycles. The topological polar surface area (TPSA) is 142 Å². The Labute approximate surface area is 264 Å². The number of nitrogens with one attached hydrogen (secondary N) is 4. The largest absolute Gasteiger partial charge is 0.351 e. The molecule has 0 radical (unpaired) electrons. The molecule has 0 spiro atoms. The van der Waals surface area contributed by atoms with Crippen LogP contribution >= 0.6 is 23.2 Å². The summed E-state index contributed by atoms with van der Waals surface area (Å²) in [4.78, 5) is 57.1. The van der Waals surface area contributed by atoms with Crippen LogP contribution in [0.15, 0.2) is 73.1 Å². The number of aromatic nitrogens is 2. The fraction of sp³-hybridized carbons (Fsp3) is 0.188. The van der Waals surface area contributed by atoms with Crippen molar-refractivity contribution in [3.63, 3.8) is 0 Å². The molecule has 2 aromatic carbocycles. The molecule has 0 saturated carbocycles. The molecule has 0 unspecified atom stereocenters. The van der Waals surface area contributed by atoms with Crippen molar-refractivity contribution < 1.29 is 19.2 Å². The molecule has 226 valence electrons. The minimum absolute atomic E-state index is 0.128. The first-order valence-corrected chi connectivity index (χ1v) is 14.6. The van der Waals surface area contributed by atoms with Crippen LogP contribution in [0.3, 0.4) is 0 Å². The SMILES string of the molecule is Cc1c(NC(=O)c2ccc(CNC(=O)CCl)cn2)cccc1-c1cccc(NC(=O)c2ccc(CNC(=O)CCl)cn2)c1C. The third-order valence-electron chi connectivity index (χ3n) is 6.79. The number of carbonyl (C=O) groups excluding carboxylic acids is 4. The average Bonchev–Trinajstić information content (AvgIpc) is 3.05. The molecule has 44 heavy (non-hydrogen) atoms. The summed E-state index contributed by atoms with van der Waals surface area (Å²) in [6.07, 6.45) is 3.06. The van der Waals surface area contributed by atoms with E-state index in [1.165, 1.54) is 12.4 Å². The molecule has 0 bridgehead atoms. The van der Waals surface area contributed by atoms with Crippen LogP contribution < -0.4 is 21.3 Å². The predicted molar refractivity (Wildman–Crippen MR) is 171 cm³/mol. The first kappa shape index (κ1) is 32.1. The van der Waals surface area contributed by atoms with Gasteiger partial charge in [-0.3, -0.25) is 29.1 Å². The lowest BCUT2D eigenvalue weighted by Crippen LogP contribution is -2.24. The van der Waals surface area contributed by atoms with Crippen LogP contribution in [0.25, 0.3) is 11.1 Å². The lowest BCUT2D eigenvalue weighted by molar-refractivity contribution is -0.119. The van der Waals surface area contributed by atoms with Gasteiger partial charge in [0.1, 0.15) is 23.1 Å². The van der Waals surface area contributed by atoms with Gasteiger partial charge in [0.15, 0.2) is 0 Å². The first-order chi connectivity index (χ1) is 21.2. The Bertz CT molecular complexity index is 1550. The highest BCUT2D eigenvalue weighted by Crippen LogP contribution is 2.34. The van der Waals surface area contributed by atoms with Crippen LogP contribution in [-0.4, -0.2) is 45.4 Å². The van der Waals surface area contributed by atoms with E-state index >= 15 is 0 Å². The lowest BCUT2D eigenvalue weighted by atomic mass is 9.94. The van der Waals surface area contributed by atoms with Crippen molar-refractivity contribution in [1.82, 2.24) is 20.6 Å². The van der Waals surface area contributed by atoms with Gasteiger partial charge < -0.3 is 21.3 Å². The molecular weight excluding hydrogens is 603 g/mol. The number of carbonyl (C=O) groups is 4. The molecule has 0 saturated heterocycles. The van der Waals surface area contributed by atoms with Gasteiger partial charge in [-0.15, -0.1) is 23.2 Å². The first-order valence-electron chi connectivity index (χ1n) is 13.6. The summed E-state index contributed by atoms with van der Waals surface area (Å²) in [6.45, 7) is 4.35. The summed E-state index contributed by atoms with van der Waals surface area (Å²) in [5, 5.41) is 11.2. The highest BCUT2D eigenvalue weighted by atomic mass is 35.5. The predicted octanol–water partition coefficient (Wildman–Crippen LogP) is 4.98. The van der Waals surface area contributed by atoms with Crippen molar-refractivity contribution in [2.24, 2.45) is 0 Å². The molecule has 0 aliphatic heterocycles. The second-order valence-electron chi connectivity index (χ2n) is 9.79. The Hall–Kier alpha value is -4.80. The number of anilines is 2. The Morgan fingerprint density at radius 2 is 1.02 bits per heavy atom. The summed E-state index contributed by atoms with van der Waals surface area (Å²) in [7, 11) is 0. The van der Waals surface area contributed by atoms with Gasteiger partial charge in [0.05, 0.1) is 0 Å². The second kappa shape index (κ2) is 15.1. The maximum Gasteiger partial charge on any atom is 0.274 e. The van der Waals surface area contributed by atoms with Crippen molar-refractivity contribution in [3.05, 3.63) is 107 Å². The molecule has 0 aliphatic carbocycles. The zero-order valence-corrected chi connectivity index (χ0v) is 25.6. The maximum atomic E-state index is 13.0. The van der Waals surface area contributed by atoms with E-state index in [2.05, 4.69) is 31.2 Å². The molecule has 10 nitrogen and oxygen atoms in total. The number of hydrogen-bond donors (Lipinski definition) is 4. The van der Waals surface area contributed by atoms with Gasteiger partial charge in [-0.2, -0.15) is 0 Å². The van der Waals surface area contributed by atoms with E-state index in [9.17, 15) is 19.2 Å². The smallest absolute Gasteiger partial charge is 0.274 e. The summed E-state index contributed by atoms with van der Waals surface area (Å²) in [6, 6.07) is 17.8. The minimum Gasteiger partial charge on any atom is -0.351 e. The minimum atomic E-state index is -0.376. The summed E-state index contributed by atoms with van der Waals surface area (Å²) in [5.41, 5.74) is 6.61. The van der Waals surface area contributed by atoms with Gasteiger partial charge in [0.25, 0.3) is 11.8 Å². The molecule has 12 heteroatoms. The Morgan fingerprint density at radius 3 is 1.36 bits per heavy atom. The van der Waals surface area contributed by atoms with Crippen LogP contribution in [0.2, 0.25) is 0 Å². The van der Waals surface area contributed by atoms with Crippen LogP contribution in [0, 0.1) is 13.8 Å². The Balaban J connectivity index is 1.46. The molecule has 4 amide bonds. The van der Waals surface area contributed by atoms with Crippen molar-refractivity contribution in [1.29, 1.82) is 0 Å². The van der Waals surface area contributed by atoms with Crippen molar-refractivity contribution in [2.45, 2.75) is 26.9 Å². The molecule has 4 N–H and O–H groups in total. The van der Waals surface area contributed by atoms with E-state index in [-0.39, 0.29) is 59.9 Å². The van der Waals surface area contributed by atoms with Gasteiger partial charge in [-0.05, 0) is 71.5 Å². The summed E-state index contributed by atoms with van der Waals surface area (Å²) >= 11 is 11.0. The highest BCUT2D eigenvalue weighted by molar-refractivity contribution is 6.27. The number of rotatable bonds is 11. The molecule has 0 atom stereocenters.